The standard InChI is InChI=1S/C21H32N2O/c1-22(2,3)15-17-8-11-19(12-9-17)20-13-10-18(14-21(20)24-7)16-23(4,5)6/h8-14H,15-16H2,1-7H3/q+2. The molecule has 2 rings (SSSR count). The summed E-state index contributed by atoms with van der Waals surface area (Å²) in [4.78, 5) is 0. The van der Waals surface area contributed by atoms with Crippen LogP contribution < -0.4 is 4.74 Å². The third-order valence-corrected chi connectivity index (χ3v) is 3.84. The van der Waals surface area contributed by atoms with Crippen LogP contribution in [0.5, 0.6) is 5.75 Å². The molecule has 0 N–H and O–H groups in total. The summed E-state index contributed by atoms with van der Waals surface area (Å²) in [6.45, 7) is 2.01. The monoisotopic (exact) mass is 328 g/mol. The number of hydrogen-bond donors (Lipinski definition) is 0. The molecule has 24 heavy (non-hydrogen) atoms. The number of quaternary nitrogens is 2. The Kier molecular flexibility index (Phi) is 5.36. The van der Waals surface area contributed by atoms with E-state index in [4.69, 9.17) is 4.74 Å². The van der Waals surface area contributed by atoms with Crippen molar-refractivity contribution in [2.75, 3.05) is 49.4 Å². The highest BCUT2D eigenvalue weighted by molar-refractivity contribution is 5.71. The summed E-state index contributed by atoms with van der Waals surface area (Å²) in [7, 11) is 15.0. The van der Waals surface area contributed by atoms with Gasteiger partial charge >= 0.3 is 0 Å². The minimum Gasteiger partial charge on any atom is -0.496 e. The molecular formula is C21H32N2O+2. The highest BCUT2D eigenvalue weighted by Crippen LogP contribution is 2.31. The number of hydrogen-bond acceptors (Lipinski definition) is 1. The lowest BCUT2D eigenvalue weighted by molar-refractivity contribution is -0.884. The predicted octanol–water partition coefficient (Wildman–Crippen LogP) is 3.77. The summed E-state index contributed by atoms with van der Waals surface area (Å²) >= 11 is 0. The van der Waals surface area contributed by atoms with Crippen LogP contribution in [-0.2, 0) is 13.1 Å². The van der Waals surface area contributed by atoms with Gasteiger partial charge in [-0.05, 0) is 11.6 Å². The van der Waals surface area contributed by atoms with Crippen molar-refractivity contribution in [3.63, 3.8) is 0 Å². The van der Waals surface area contributed by atoms with E-state index in [1.165, 1.54) is 16.7 Å². The van der Waals surface area contributed by atoms with Crippen LogP contribution >= 0.6 is 0 Å². The number of nitrogens with zero attached hydrogens (tertiary/aromatic N) is 2. The van der Waals surface area contributed by atoms with E-state index in [1.807, 2.05) is 0 Å². The molecule has 0 heterocycles. The maximum atomic E-state index is 5.66. The van der Waals surface area contributed by atoms with Gasteiger partial charge in [0.15, 0.2) is 0 Å². The number of benzene rings is 2. The van der Waals surface area contributed by atoms with Crippen molar-refractivity contribution < 1.29 is 13.7 Å². The van der Waals surface area contributed by atoms with E-state index in [0.29, 0.717) is 0 Å². The van der Waals surface area contributed by atoms with E-state index in [0.717, 1.165) is 33.4 Å². The first-order chi connectivity index (χ1) is 11.1. The molecule has 0 aliphatic rings. The normalized spacial score (nSPS) is 12.3. The average molecular weight is 329 g/mol. The van der Waals surface area contributed by atoms with Crippen LogP contribution in [0.2, 0.25) is 0 Å². The van der Waals surface area contributed by atoms with Crippen molar-refractivity contribution >= 4 is 0 Å². The summed E-state index contributed by atoms with van der Waals surface area (Å²) in [6, 6.07) is 15.4. The van der Waals surface area contributed by atoms with E-state index < -0.39 is 0 Å². The first kappa shape index (κ1) is 18.5. The minimum absolute atomic E-state index is 0.905. The lowest BCUT2D eigenvalue weighted by Crippen LogP contribution is -2.33. The minimum atomic E-state index is 0.905. The van der Waals surface area contributed by atoms with Crippen LogP contribution in [0.25, 0.3) is 11.1 Å². The molecule has 0 saturated carbocycles. The smallest absolute Gasteiger partial charge is 0.127 e. The fourth-order valence-electron chi connectivity index (χ4n) is 2.96. The van der Waals surface area contributed by atoms with Crippen molar-refractivity contribution in [1.29, 1.82) is 0 Å². The van der Waals surface area contributed by atoms with E-state index in [-0.39, 0.29) is 0 Å². The molecule has 0 bridgehead atoms. The van der Waals surface area contributed by atoms with E-state index >= 15 is 0 Å². The van der Waals surface area contributed by atoms with Crippen molar-refractivity contribution in [1.82, 2.24) is 0 Å². The molecule has 0 spiro atoms. The van der Waals surface area contributed by atoms with Crippen LogP contribution in [0.15, 0.2) is 42.5 Å². The van der Waals surface area contributed by atoms with Crippen LogP contribution in [0.4, 0.5) is 0 Å². The zero-order valence-corrected chi connectivity index (χ0v) is 16.3. The van der Waals surface area contributed by atoms with Crippen LogP contribution in [0.1, 0.15) is 11.1 Å². The fraction of sp³-hybridized carbons (Fsp3) is 0.429. The molecule has 2 aromatic rings. The Labute approximate surface area is 147 Å². The van der Waals surface area contributed by atoms with Crippen molar-refractivity contribution in [2.45, 2.75) is 13.1 Å². The molecule has 3 heteroatoms. The second kappa shape index (κ2) is 6.96. The van der Waals surface area contributed by atoms with Gasteiger partial charge in [0, 0.05) is 16.7 Å². The highest BCUT2D eigenvalue weighted by atomic mass is 16.5. The third-order valence-electron chi connectivity index (χ3n) is 3.84. The van der Waals surface area contributed by atoms with Crippen LogP contribution in [0, 0.1) is 0 Å². The second-order valence-electron chi connectivity index (χ2n) is 8.63. The highest BCUT2D eigenvalue weighted by Gasteiger charge is 2.13. The van der Waals surface area contributed by atoms with Crippen molar-refractivity contribution in [2.24, 2.45) is 0 Å². The van der Waals surface area contributed by atoms with E-state index in [1.54, 1.807) is 7.11 Å². The molecule has 0 atom stereocenters. The van der Waals surface area contributed by atoms with Crippen molar-refractivity contribution in [3.05, 3.63) is 53.6 Å². The molecule has 0 fully saturated rings. The summed E-state index contributed by atoms with van der Waals surface area (Å²) in [5, 5.41) is 0. The molecule has 3 nitrogen and oxygen atoms in total. The largest absolute Gasteiger partial charge is 0.496 e. The molecule has 0 unspecified atom stereocenters. The molecule has 2 aromatic carbocycles. The lowest BCUT2D eigenvalue weighted by Gasteiger charge is -2.24. The fourth-order valence-corrected chi connectivity index (χ4v) is 2.96. The molecule has 0 aliphatic heterocycles. The predicted molar refractivity (Wildman–Crippen MR) is 102 cm³/mol. The van der Waals surface area contributed by atoms with Gasteiger partial charge in [-0.15, -0.1) is 0 Å². The Morgan fingerprint density at radius 2 is 1.21 bits per heavy atom. The SMILES string of the molecule is COc1cc(C[N+](C)(C)C)ccc1-c1ccc(C[N+](C)(C)C)cc1. The van der Waals surface area contributed by atoms with Gasteiger partial charge in [0.2, 0.25) is 0 Å². The molecule has 0 saturated heterocycles. The molecule has 0 aliphatic carbocycles. The number of rotatable bonds is 6. The Morgan fingerprint density at radius 1 is 0.708 bits per heavy atom. The van der Waals surface area contributed by atoms with Crippen LogP contribution in [-0.4, -0.2) is 58.4 Å². The molecule has 0 aromatic heterocycles. The third kappa shape index (κ3) is 5.36. The summed E-state index contributed by atoms with van der Waals surface area (Å²) in [5.74, 6) is 0.945. The Hall–Kier alpha value is -1.84. The van der Waals surface area contributed by atoms with Gasteiger partial charge in [0.1, 0.15) is 18.8 Å². The molecular weight excluding hydrogens is 296 g/mol. The van der Waals surface area contributed by atoms with Gasteiger partial charge in [-0.1, -0.05) is 36.4 Å². The average Bonchev–Trinajstić information content (AvgIpc) is 2.45. The van der Waals surface area contributed by atoms with Gasteiger partial charge in [-0.25, -0.2) is 0 Å². The number of methoxy groups -OCH3 is 1. The quantitative estimate of drug-likeness (QED) is 0.734. The van der Waals surface area contributed by atoms with Crippen LogP contribution in [0.3, 0.4) is 0 Å². The van der Waals surface area contributed by atoms with Gasteiger partial charge in [0.05, 0.1) is 49.4 Å². The molecule has 0 radical (unpaired) electrons. The molecule has 0 amide bonds. The molecule has 130 valence electrons. The maximum Gasteiger partial charge on any atom is 0.127 e. The van der Waals surface area contributed by atoms with Gasteiger partial charge < -0.3 is 13.7 Å². The van der Waals surface area contributed by atoms with Crippen molar-refractivity contribution in [3.8, 4) is 16.9 Å². The Bertz CT molecular complexity index is 676. The zero-order chi connectivity index (χ0) is 18.0. The van der Waals surface area contributed by atoms with Gasteiger partial charge in [-0.3, -0.25) is 0 Å². The Balaban J connectivity index is 2.28. The van der Waals surface area contributed by atoms with Gasteiger partial charge in [-0.2, -0.15) is 0 Å². The first-order valence-corrected chi connectivity index (χ1v) is 8.44. The maximum absolute atomic E-state index is 5.66. The summed E-state index contributed by atoms with van der Waals surface area (Å²) < 4.78 is 7.49. The lowest BCUT2D eigenvalue weighted by atomic mass is 10.0. The second-order valence-corrected chi connectivity index (χ2v) is 8.63. The number of ether oxygens (including phenoxy) is 1. The zero-order valence-electron chi connectivity index (χ0n) is 16.3. The summed E-state index contributed by atoms with van der Waals surface area (Å²) in [6.07, 6.45) is 0. The topological polar surface area (TPSA) is 9.23 Å². The Morgan fingerprint density at radius 3 is 1.71 bits per heavy atom. The van der Waals surface area contributed by atoms with E-state index in [2.05, 4.69) is 84.8 Å². The van der Waals surface area contributed by atoms with E-state index in [9.17, 15) is 0 Å². The van der Waals surface area contributed by atoms with Gasteiger partial charge in [0.25, 0.3) is 0 Å². The first-order valence-electron chi connectivity index (χ1n) is 8.44. The summed E-state index contributed by atoms with van der Waals surface area (Å²) in [5.41, 5.74) is 5.00.